The Labute approximate surface area is 220 Å². The number of sulfonamides is 2. The summed E-state index contributed by atoms with van der Waals surface area (Å²) in [6.45, 7) is 1.28. The number of anilines is 3. The van der Waals surface area contributed by atoms with Crippen molar-refractivity contribution in [3.8, 4) is 0 Å². The predicted octanol–water partition coefficient (Wildman–Crippen LogP) is 4.77. The van der Waals surface area contributed by atoms with Gasteiger partial charge in [-0.25, -0.2) is 21.2 Å². The van der Waals surface area contributed by atoms with Crippen molar-refractivity contribution in [3.05, 3.63) is 115 Å². The van der Waals surface area contributed by atoms with Gasteiger partial charge in [0.25, 0.3) is 20.0 Å². The minimum atomic E-state index is -4.20. The van der Waals surface area contributed by atoms with Gasteiger partial charge in [-0.2, -0.15) is 0 Å². The van der Waals surface area contributed by atoms with Gasteiger partial charge in [0.2, 0.25) is 5.91 Å². The first-order valence-electron chi connectivity index (χ1n) is 11.4. The third kappa shape index (κ3) is 6.36. The van der Waals surface area contributed by atoms with Crippen LogP contribution in [-0.4, -0.2) is 29.3 Å². The van der Waals surface area contributed by atoms with Gasteiger partial charge in [-0.05, 0) is 85.3 Å². The van der Waals surface area contributed by atoms with Crippen molar-refractivity contribution in [1.82, 2.24) is 0 Å². The Morgan fingerprint density at radius 3 is 2.03 bits per heavy atom. The number of aryl methyl sites for hydroxylation is 1. The lowest BCUT2D eigenvalue weighted by atomic mass is 10.2. The molecule has 0 atom stereocenters. The lowest BCUT2D eigenvalue weighted by Gasteiger charge is -2.24. The second kappa shape index (κ2) is 11.0. The summed E-state index contributed by atoms with van der Waals surface area (Å²) in [6, 6.07) is 24.7. The quantitative estimate of drug-likeness (QED) is 0.310. The third-order valence-corrected chi connectivity index (χ3v) is 8.64. The van der Waals surface area contributed by atoms with Crippen LogP contribution < -0.4 is 14.3 Å². The molecular weight excluding hydrogens is 529 g/mol. The summed E-state index contributed by atoms with van der Waals surface area (Å²) in [7, 11) is -8.06. The van der Waals surface area contributed by atoms with Crippen molar-refractivity contribution >= 4 is 43.0 Å². The molecule has 0 aliphatic carbocycles. The molecule has 0 fully saturated rings. The number of carbonyl (C=O) groups is 1. The molecule has 4 aromatic carbocycles. The number of nitrogens with one attached hydrogen (secondary N) is 2. The topological polar surface area (TPSA) is 113 Å². The maximum Gasteiger partial charge on any atom is 0.264 e. The molecule has 0 aliphatic heterocycles. The fourth-order valence-corrected chi connectivity index (χ4v) is 6.08. The van der Waals surface area contributed by atoms with Gasteiger partial charge < -0.3 is 5.32 Å². The lowest BCUT2D eigenvalue weighted by Crippen LogP contribution is -2.38. The average molecular weight is 554 g/mol. The van der Waals surface area contributed by atoms with Crippen LogP contribution >= 0.6 is 0 Å². The molecule has 8 nitrogen and oxygen atoms in total. The van der Waals surface area contributed by atoms with Gasteiger partial charge >= 0.3 is 0 Å². The van der Waals surface area contributed by atoms with E-state index in [2.05, 4.69) is 10.0 Å². The molecule has 2 N–H and O–H groups in total. The van der Waals surface area contributed by atoms with Gasteiger partial charge in [0.05, 0.1) is 15.5 Å². The Kier molecular flexibility index (Phi) is 7.79. The first kappa shape index (κ1) is 26.8. The maximum atomic E-state index is 13.4. The van der Waals surface area contributed by atoms with Gasteiger partial charge in [-0.15, -0.1) is 0 Å². The molecule has 0 spiro atoms. The summed E-state index contributed by atoms with van der Waals surface area (Å²) in [6.07, 6.45) is 0. The predicted molar refractivity (Wildman–Crippen MR) is 144 cm³/mol. The number of carbonyl (C=O) groups excluding carboxylic acids is 1. The molecule has 0 heterocycles. The van der Waals surface area contributed by atoms with E-state index in [1.165, 1.54) is 36.4 Å². The SMILES string of the molecule is Cc1cccc(NS(=O)(=O)c2ccc(NC(=O)CN(c3ccccc3)S(=O)(=O)c3ccc(F)cc3)cc2)c1. The molecule has 11 heteroatoms. The number of amides is 1. The molecular formula is C27H24FN3O5S2. The van der Waals surface area contributed by atoms with Crippen LogP contribution in [0.2, 0.25) is 0 Å². The van der Waals surface area contributed by atoms with E-state index in [4.69, 9.17) is 0 Å². The zero-order chi connectivity index (χ0) is 27.3. The minimum absolute atomic E-state index is 0.0122. The molecule has 0 unspecified atom stereocenters. The standard InChI is InChI=1S/C27H24FN3O5S2/c1-20-6-5-7-23(18-20)30-37(33,34)25-16-12-22(13-17-25)29-27(32)19-31(24-8-3-2-4-9-24)38(35,36)26-14-10-21(28)11-15-26/h2-18,30H,19H2,1H3,(H,29,32). The van der Waals surface area contributed by atoms with Crippen LogP contribution in [0.3, 0.4) is 0 Å². The van der Waals surface area contributed by atoms with E-state index >= 15 is 0 Å². The molecule has 4 rings (SSSR count). The van der Waals surface area contributed by atoms with E-state index in [0.717, 1.165) is 34.1 Å². The average Bonchev–Trinajstić information content (AvgIpc) is 2.88. The van der Waals surface area contributed by atoms with E-state index in [0.29, 0.717) is 5.69 Å². The number of rotatable bonds is 9. The summed E-state index contributed by atoms with van der Waals surface area (Å²) in [5.74, 6) is -1.25. The Hall–Kier alpha value is -4.22. The summed E-state index contributed by atoms with van der Waals surface area (Å²) >= 11 is 0. The van der Waals surface area contributed by atoms with E-state index in [-0.39, 0.29) is 21.2 Å². The molecule has 0 bridgehead atoms. The molecule has 1 amide bonds. The highest BCUT2D eigenvalue weighted by molar-refractivity contribution is 7.93. The number of hydrogen-bond donors (Lipinski definition) is 2. The largest absolute Gasteiger partial charge is 0.325 e. The second-order valence-electron chi connectivity index (χ2n) is 8.35. The van der Waals surface area contributed by atoms with Crippen LogP contribution in [0.5, 0.6) is 0 Å². The van der Waals surface area contributed by atoms with Gasteiger partial charge in [0.1, 0.15) is 12.4 Å². The van der Waals surface area contributed by atoms with Gasteiger partial charge in [0.15, 0.2) is 0 Å². The highest BCUT2D eigenvalue weighted by atomic mass is 32.2. The zero-order valence-electron chi connectivity index (χ0n) is 20.2. The van der Waals surface area contributed by atoms with Crippen molar-refractivity contribution < 1.29 is 26.0 Å². The summed E-state index contributed by atoms with van der Waals surface area (Å²) in [5.41, 5.74) is 1.84. The van der Waals surface area contributed by atoms with Crippen LogP contribution in [0.4, 0.5) is 21.5 Å². The smallest absolute Gasteiger partial charge is 0.264 e. The summed E-state index contributed by atoms with van der Waals surface area (Å²) < 4.78 is 68.8. The maximum absolute atomic E-state index is 13.4. The van der Waals surface area contributed by atoms with E-state index in [9.17, 15) is 26.0 Å². The monoisotopic (exact) mass is 553 g/mol. The number of benzene rings is 4. The van der Waals surface area contributed by atoms with Crippen molar-refractivity contribution in [1.29, 1.82) is 0 Å². The normalized spacial score (nSPS) is 11.5. The molecule has 0 radical (unpaired) electrons. The molecule has 4 aromatic rings. The Balaban J connectivity index is 1.51. The van der Waals surface area contributed by atoms with Crippen LogP contribution in [0.25, 0.3) is 0 Å². The van der Waals surface area contributed by atoms with E-state index in [1.54, 1.807) is 36.4 Å². The van der Waals surface area contributed by atoms with Gasteiger partial charge in [-0.1, -0.05) is 30.3 Å². The van der Waals surface area contributed by atoms with Gasteiger partial charge in [0, 0.05) is 11.4 Å². The molecule has 0 saturated carbocycles. The fourth-order valence-electron chi connectivity index (χ4n) is 3.61. The van der Waals surface area contributed by atoms with Crippen LogP contribution in [0, 0.1) is 12.7 Å². The van der Waals surface area contributed by atoms with E-state index in [1.807, 2.05) is 13.0 Å². The highest BCUT2D eigenvalue weighted by Gasteiger charge is 2.27. The highest BCUT2D eigenvalue weighted by Crippen LogP contribution is 2.24. The number of para-hydroxylation sites is 1. The number of hydrogen-bond acceptors (Lipinski definition) is 5. The third-order valence-electron chi connectivity index (χ3n) is 5.45. The first-order chi connectivity index (χ1) is 18.0. The Bertz CT molecular complexity index is 1640. The van der Waals surface area contributed by atoms with Crippen LogP contribution in [0.15, 0.2) is 113 Å². The van der Waals surface area contributed by atoms with Crippen LogP contribution in [-0.2, 0) is 24.8 Å². The molecule has 38 heavy (non-hydrogen) atoms. The first-order valence-corrected chi connectivity index (χ1v) is 14.3. The van der Waals surface area contributed by atoms with Crippen molar-refractivity contribution in [2.24, 2.45) is 0 Å². The second-order valence-corrected chi connectivity index (χ2v) is 11.9. The van der Waals surface area contributed by atoms with E-state index < -0.39 is 38.3 Å². The Morgan fingerprint density at radius 2 is 1.39 bits per heavy atom. The fraction of sp³-hybridized carbons (Fsp3) is 0.0741. The summed E-state index contributed by atoms with van der Waals surface area (Å²) in [4.78, 5) is 12.7. The number of halogens is 1. The molecule has 196 valence electrons. The molecule has 0 aliphatic rings. The number of nitrogens with zero attached hydrogens (tertiary/aromatic N) is 1. The van der Waals surface area contributed by atoms with Gasteiger partial charge in [-0.3, -0.25) is 13.8 Å². The molecule has 0 saturated heterocycles. The van der Waals surface area contributed by atoms with Crippen LogP contribution in [0.1, 0.15) is 5.56 Å². The summed E-state index contributed by atoms with van der Waals surface area (Å²) in [5, 5.41) is 2.59. The van der Waals surface area contributed by atoms with Crippen molar-refractivity contribution in [2.45, 2.75) is 16.7 Å². The lowest BCUT2D eigenvalue weighted by molar-refractivity contribution is -0.114. The minimum Gasteiger partial charge on any atom is -0.325 e. The molecule has 0 aromatic heterocycles. The van der Waals surface area contributed by atoms with Crippen molar-refractivity contribution in [2.75, 3.05) is 20.9 Å². The Morgan fingerprint density at radius 1 is 0.763 bits per heavy atom. The van der Waals surface area contributed by atoms with Crippen molar-refractivity contribution in [3.63, 3.8) is 0 Å². The zero-order valence-corrected chi connectivity index (χ0v) is 21.8.